The third-order valence-electron chi connectivity index (χ3n) is 4.02. The molecule has 0 bridgehead atoms. The predicted molar refractivity (Wildman–Crippen MR) is 100 cm³/mol. The number of nitrogens with one attached hydrogen (secondary N) is 3. The largest absolute Gasteiger partial charge is 0.494 e. The second-order valence-corrected chi connectivity index (χ2v) is 6.28. The van der Waals surface area contributed by atoms with Crippen molar-refractivity contribution in [3.63, 3.8) is 0 Å². The van der Waals surface area contributed by atoms with Crippen LogP contribution in [0.15, 0.2) is 12.1 Å². The average molecular weight is 351 g/mol. The zero-order chi connectivity index (χ0) is 17.5. The summed E-state index contributed by atoms with van der Waals surface area (Å²) in [6.45, 7) is 1.45. The van der Waals surface area contributed by atoms with Crippen molar-refractivity contribution >= 4 is 34.6 Å². The monoisotopic (exact) mass is 351 g/mol. The summed E-state index contributed by atoms with van der Waals surface area (Å²) >= 11 is 5.42. The van der Waals surface area contributed by atoms with Gasteiger partial charge in [-0.1, -0.05) is 19.3 Å². The summed E-state index contributed by atoms with van der Waals surface area (Å²) in [6.07, 6.45) is 6.06. The number of ether oxygens (including phenoxy) is 2. The number of rotatable bonds is 5. The molecule has 1 amide bonds. The van der Waals surface area contributed by atoms with Gasteiger partial charge in [0.25, 0.3) is 0 Å². The van der Waals surface area contributed by atoms with E-state index in [9.17, 15) is 4.79 Å². The van der Waals surface area contributed by atoms with E-state index in [1.807, 2.05) is 0 Å². The minimum absolute atomic E-state index is 0.175. The number of methoxy groups -OCH3 is 2. The Morgan fingerprint density at radius 3 is 2.08 bits per heavy atom. The summed E-state index contributed by atoms with van der Waals surface area (Å²) in [4.78, 5) is 11.3. The molecule has 0 unspecified atom stereocenters. The summed E-state index contributed by atoms with van der Waals surface area (Å²) in [5, 5.41) is 9.81. The van der Waals surface area contributed by atoms with E-state index in [1.165, 1.54) is 26.2 Å². The lowest BCUT2D eigenvalue weighted by Gasteiger charge is -2.25. The molecule has 7 heteroatoms. The number of amides is 1. The number of carbonyl (C=O) groups is 1. The van der Waals surface area contributed by atoms with Crippen LogP contribution in [0.3, 0.4) is 0 Å². The summed E-state index contributed by atoms with van der Waals surface area (Å²) in [5.41, 5.74) is 1.25. The number of hydrogen-bond donors (Lipinski definition) is 3. The molecule has 0 heterocycles. The first-order valence-electron chi connectivity index (χ1n) is 8.14. The second kappa shape index (κ2) is 8.73. The Kier molecular flexibility index (Phi) is 6.66. The van der Waals surface area contributed by atoms with Gasteiger partial charge in [-0.05, 0) is 25.1 Å². The van der Waals surface area contributed by atoms with E-state index >= 15 is 0 Å². The number of thiocarbonyl (C=S) groups is 1. The first-order chi connectivity index (χ1) is 11.5. The first kappa shape index (κ1) is 18.3. The molecule has 0 spiro atoms. The van der Waals surface area contributed by atoms with E-state index in [0.717, 1.165) is 12.8 Å². The lowest BCUT2D eigenvalue weighted by molar-refractivity contribution is -0.114. The maximum atomic E-state index is 11.3. The van der Waals surface area contributed by atoms with Gasteiger partial charge >= 0.3 is 0 Å². The highest BCUT2D eigenvalue weighted by atomic mass is 32.1. The molecule has 0 atom stereocenters. The number of carbonyl (C=O) groups excluding carboxylic acids is 1. The maximum Gasteiger partial charge on any atom is 0.221 e. The molecule has 1 aromatic carbocycles. The molecule has 1 aliphatic rings. The van der Waals surface area contributed by atoms with Gasteiger partial charge in [-0.3, -0.25) is 4.79 Å². The Hall–Kier alpha value is -2.02. The van der Waals surface area contributed by atoms with Crippen LogP contribution in [-0.2, 0) is 4.79 Å². The summed E-state index contributed by atoms with van der Waals surface area (Å²) < 4.78 is 10.7. The van der Waals surface area contributed by atoms with Gasteiger partial charge < -0.3 is 25.4 Å². The molecule has 2 rings (SSSR count). The molecule has 0 aromatic heterocycles. The van der Waals surface area contributed by atoms with Gasteiger partial charge in [0.2, 0.25) is 5.91 Å². The topological polar surface area (TPSA) is 71.6 Å². The average Bonchev–Trinajstić information content (AvgIpc) is 2.56. The van der Waals surface area contributed by atoms with Gasteiger partial charge in [0.1, 0.15) is 11.5 Å². The van der Waals surface area contributed by atoms with Crippen molar-refractivity contribution in [2.24, 2.45) is 0 Å². The van der Waals surface area contributed by atoms with Crippen LogP contribution in [0.2, 0.25) is 0 Å². The molecule has 6 nitrogen and oxygen atoms in total. The Morgan fingerprint density at radius 1 is 1.04 bits per heavy atom. The normalized spacial score (nSPS) is 14.6. The number of benzene rings is 1. The van der Waals surface area contributed by atoms with Crippen molar-refractivity contribution in [1.82, 2.24) is 5.32 Å². The Labute approximate surface area is 148 Å². The minimum atomic E-state index is -0.175. The smallest absolute Gasteiger partial charge is 0.221 e. The van der Waals surface area contributed by atoms with E-state index in [4.69, 9.17) is 21.7 Å². The van der Waals surface area contributed by atoms with Crippen molar-refractivity contribution in [1.29, 1.82) is 0 Å². The molecule has 1 saturated carbocycles. The predicted octanol–water partition coefficient (Wildman–Crippen LogP) is 3.28. The highest BCUT2D eigenvalue weighted by Gasteiger charge is 2.16. The molecule has 0 radical (unpaired) electrons. The van der Waals surface area contributed by atoms with Crippen LogP contribution >= 0.6 is 12.2 Å². The van der Waals surface area contributed by atoms with Gasteiger partial charge in [0, 0.05) is 25.1 Å². The fourth-order valence-corrected chi connectivity index (χ4v) is 3.15. The lowest BCUT2D eigenvalue weighted by atomic mass is 9.96. The van der Waals surface area contributed by atoms with Gasteiger partial charge in [-0.15, -0.1) is 0 Å². The second-order valence-electron chi connectivity index (χ2n) is 5.87. The Bertz CT molecular complexity index is 601. The van der Waals surface area contributed by atoms with Gasteiger partial charge in [-0.25, -0.2) is 0 Å². The fourth-order valence-electron chi connectivity index (χ4n) is 2.87. The molecule has 1 aromatic rings. The third kappa shape index (κ3) is 4.99. The fraction of sp³-hybridized carbons (Fsp3) is 0.529. The molecular weight excluding hydrogens is 326 g/mol. The zero-order valence-corrected chi connectivity index (χ0v) is 15.2. The molecule has 0 aliphatic heterocycles. The number of hydrogen-bond acceptors (Lipinski definition) is 4. The van der Waals surface area contributed by atoms with E-state index in [0.29, 0.717) is 34.0 Å². The van der Waals surface area contributed by atoms with Crippen molar-refractivity contribution in [2.75, 3.05) is 24.9 Å². The summed E-state index contributed by atoms with van der Waals surface area (Å²) in [6, 6.07) is 3.90. The van der Waals surface area contributed by atoms with E-state index in [1.54, 1.807) is 26.4 Å². The molecular formula is C17H25N3O3S. The molecule has 1 aliphatic carbocycles. The highest BCUT2D eigenvalue weighted by molar-refractivity contribution is 7.80. The van der Waals surface area contributed by atoms with Crippen LogP contribution in [0, 0.1) is 0 Å². The summed E-state index contributed by atoms with van der Waals surface area (Å²) in [5.74, 6) is 0.937. The van der Waals surface area contributed by atoms with E-state index in [2.05, 4.69) is 16.0 Å². The number of anilines is 2. The third-order valence-corrected chi connectivity index (χ3v) is 4.24. The quantitative estimate of drug-likeness (QED) is 0.707. The zero-order valence-electron chi connectivity index (χ0n) is 14.4. The van der Waals surface area contributed by atoms with Crippen LogP contribution < -0.4 is 25.4 Å². The molecule has 24 heavy (non-hydrogen) atoms. The van der Waals surface area contributed by atoms with Gasteiger partial charge in [-0.2, -0.15) is 0 Å². The van der Waals surface area contributed by atoms with E-state index < -0.39 is 0 Å². The van der Waals surface area contributed by atoms with E-state index in [-0.39, 0.29) is 5.91 Å². The molecule has 0 saturated heterocycles. The molecule has 132 valence electrons. The SMILES string of the molecule is COc1cc(NC(=S)NC2CCCCC2)c(OC)cc1NC(C)=O. The van der Waals surface area contributed by atoms with Crippen LogP contribution in [0.1, 0.15) is 39.0 Å². The minimum Gasteiger partial charge on any atom is -0.494 e. The van der Waals surface area contributed by atoms with Crippen LogP contribution in [0.5, 0.6) is 11.5 Å². The van der Waals surface area contributed by atoms with Crippen molar-refractivity contribution in [3.05, 3.63) is 12.1 Å². The Morgan fingerprint density at radius 2 is 1.58 bits per heavy atom. The maximum absolute atomic E-state index is 11.3. The summed E-state index contributed by atoms with van der Waals surface area (Å²) in [7, 11) is 3.12. The highest BCUT2D eigenvalue weighted by Crippen LogP contribution is 2.36. The lowest BCUT2D eigenvalue weighted by Crippen LogP contribution is -2.38. The van der Waals surface area contributed by atoms with Gasteiger partial charge in [0.15, 0.2) is 5.11 Å². The first-order valence-corrected chi connectivity index (χ1v) is 8.55. The van der Waals surface area contributed by atoms with Crippen molar-refractivity contribution < 1.29 is 14.3 Å². The standard InChI is InChI=1S/C17H25N3O3S/c1-11(21)18-13-9-16(23-3)14(10-15(13)22-2)20-17(24)19-12-7-5-4-6-8-12/h9-10,12H,4-8H2,1-3H3,(H,18,21)(H2,19,20,24). The van der Waals surface area contributed by atoms with Crippen LogP contribution in [0.25, 0.3) is 0 Å². The van der Waals surface area contributed by atoms with Crippen molar-refractivity contribution in [3.8, 4) is 11.5 Å². The molecule has 3 N–H and O–H groups in total. The van der Waals surface area contributed by atoms with Crippen LogP contribution in [-0.4, -0.2) is 31.3 Å². The van der Waals surface area contributed by atoms with Gasteiger partial charge in [0.05, 0.1) is 25.6 Å². The molecule has 1 fully saturated rings. The van der Waals surface area contributed by atoms with Crippen LogP contribution in [0.4, 0.5) is 11.4 Å². The Balaban J connectivity index is 2.12. The van der Waals surface area contributed by atoms with Crippen molar-refractivity contribution in [2.45, 2.75) is 45.1 Å².